The molecule has 0 radical (unpaired) electrons. The van der Waals surface area contributed by atoms with Gasteiger partial charge in [-0.25, -0.2) is 0 Å². The van der Waals surface area contributed by atoms with Gasteiger partial charge in [0.1, 0.15) is 11.3 Å². The molecule has 0 spiro atoms. The number of allylic oxidation sites excluding steroid dienone is 1. The van der Waals surface area contributed by atoms with Gasteiger partial charge in [-0.2, -0.15) is 0 Å². The molecule has 1 aliphatic carbocycles. The monoisotopic (exact) mass is 572 g/mol. The van der Waals surface area contributed by atoms with Crippen molar-refractivity contribution in [2.75, 3.05) is 0 Å². The molecule has 0 saturated heterocycles. The normalized spacial score (nSPS) is 13.3. The lowest BCUT2D eigenvalue weighted by Crippen LogP contribution is -1.99. The molecular formula is C44H28O. The molecule has 0 fully saturated rings. The highest BCUT2D eigenvalue weighted by atomic mass is 16.3. The van der Waals surface area contributed by atoms with Gasteiger partial charge >= 0.3 is 0 Å². The van der Waals surface area contributed by atoms with E-state index in [9.17, 15) is 0 Å². The van der Waals surface area contributed by atoms with E-state index >= 15 is 0 Å². The van der Waals surface area contributed by atoms with Crippen molar-refractivity contribution in [1.29, 1.82) is 0 Å². The third-order valence-corrected chi connectivity index (χ3v) is 9.93. The van der Waals surface area contributed by atoms with E-state index in [1.54, 1.807) is 0 Å². The van der Waals surface area contributed by atoms with Crippen LogP contribution in [-0.4, -0.2) is 0 Å². The second-order valence-corrected chi connectivity index (χ2v) is 12.3. The van der Waals surface area contributed by atoms with Crippen molar-refractivity contribution in [2.24, 2.45) is 0 Å². The predicted octanol–water partition coefficient (Wildman–Crippen LogP) is 12.4. The standard InChI is InChI=1S/C44H28O/c1-4-14-31-27(11-1)21-23-38-39-26-29(22-24-41(39)45-44(31)38)42-34-17-7-9-19-36(34)43(37-20-10-8-18-35(37)42)40-25-28-12-2-3-13-30(28)32-15-5-6-16-33(32)40/h1-21,23,25-26H,22,24H2. The van der Waals surface area contributed by atoms with Gasteiger partial charge in [0.25, 0.3) is 0 Å². The van der Waals surface area contributed by atoms with Crippen LogP contribution < -0.4 is 0 Å². The molecule has 1 heteroatoms. The Morgan fingerprint density at radius 1 is 0.400 bits per heavy atom. The zero-order valence-electron chi connectivity index (χ0n) is 24.7. The Kier molecular flexibility index (Phi) is 5.18. The quantitative estimate of drug-likeness (QED) is 0.148. The maximum absolute atomic E-state index is 6.57. The van der Waals surface area contributed by atoms with E-state index in [2.05, 4.69) is 146 Å². The summed E-state index contributed by atoms with van der Waals surface area (Å²) in [6.07, 6.45) is 4.25. The van der Waals surface area contributed by atoms with Crippen LogP contribution in [0.5, 0.6) is 0 Å². The highest BCUT2D eigenvalue weighted by Crippen LogP contribution is 2.47. The number of fused-ring (bicyclic) bond motifs is 10. The van der Waals surface area contributed by atoms with Crippen molar-refractivity contribution >= 4 is 76.5 Å². The van der Waals surface area contributed by atoms with Crippen LogP contribution in [0.4, 0.5) is 0 Å². The smallest absolute Gasteiger partial charge is 0.142 e. The van der Waals surface area contributed by atoms with Gasteiger partial charge in [0.05, 0.1) is 0 Å². The Morgan fingerprint density at radius 2 is 0.956 bits per heavy atom. The van der Waals surface area contributed by atoms with Crippen molar-refractivity contribution in [3.8, 4) is 11.1 Å². The first kappa shape index (κ1) is 24.7. The molecule has 1 heterocycles. The first-order valence-corrected chi connectivity index (χ1v) is 15.8. The Balaban J connectivity index is 1.29. The molecule has 0 atom stereocenters. The van der Waals surface area contributed by atoms with Crippen LogP contribution in [-0.2, 0) is 6.42 Å². The van der Waals surface area contributed by atoms with Gasteiger partial charge in [0, 0.05) is 22.8 Å². The largest absolute Gasteiger partial charge is 0.460 e. The van der Waals surface area contributed by atoms with Crippen LogP contribution in [0.15, 0.2) is 144 Å². The van der Waals surface area contributed by atoms with E-state index in [0.717, 1.165) is 24.2 Å². The predicted molar refractivity (Wildman–Crippen MR) is 192 cm³/mol. The van der Waals surface area contributed by atoms with Crippen LogP contribution in [0.1, 0.15) is 23.3 Å². The molecule has 1 nitrogen and oxygen atoms in total. The van der Waals surface area contributed by atoms with Crippen molar-refractivity contribution in [3.63, 3.8) is 0 Å². The topological polar surface area (TPSA) is 13.1 Å². The van der Waals surface area contributed by atoms with E-state index < -0.39 is 0 Å². The summed E-state index contributed by atoms with van der Waals surface area (Å²) in [7, 11) is 0. The molecular weight excluding hydrogens is 544 g/mol. The van der Waals surface area contributed by atoms with Gasteiger partial charge < -0.3 is 4.42 Å². The number of hydrogen-bond acceptors (Lipinski definition) is 1. The zero-order valence-corrected chi connectivity index (χ0v) is 24.7. The highest BCUT2D eigenvalue weighted by molar-refractivity contribution is 6.25. The minimum Gasteiger partial charge on any atom is -0.460 e. The van der Waals surface area contributed by atoms with Gasteiger partial charge in [-0.15, -0.1) is 0 Å². The third-order valence-electron chi connectivity index (χ3n) is 9.93. The number of aryl methyl sites for hydroxylation is 1. The summed E-state index contributed by atoms with van der Waals surface area (Å²) in [4.78, 5) is 0. The fourth-order valence-corrected chi connectivity index (χ4v) is 7.95. The molecule has 10 rings (SSSR count). The molecule has 9 aromatic rings. The van der Waals surface area contributed by atoms with Crippen LogP contribution in [0.3, 0.4) is 0 Å². The second-order valence-electron chi connectivity index (χ2n) is 12.3. The Bertz CT molecular complexity index is 2650. The van der Waals surface area contributed by atoms with Crippen molar-refractivity contribution in [1.82, 2.24) is 0 Å². The lowest BCUT2D eigenvalue weighted by atomic mass is 9.81. The molecule has 0 amide bonds. The number of hydrogen-bond donors (Lipinski definition) is 0. The molecule has 1 aliphatic rings. The first-order valence-electron chi connectivity index (χ1n) is 15.8. The van der Waals surface area contributed by atoms with E-state index in [0.29, 0.717) is 0 Å². The van der Waals surface area contributed by atoms with Crippen molar-refractivity contribution in [2.45, 2.75) is 12.8 Å². The summed E-state index contributed by atoms with van der Waals surface area (Å²) in [5.41, 5.74) is 7.55. The van der Waals surface area contributed by atoms with Gasteiger partial charge in [-0.05, 0) is 95.4 Å². The van der Waals surface area contributed by atoms with Crippen LogP contribution >= 0.6 is 0 Å². The van der Waals surface area contributed by atoms with Crippen molar-refractivity contribution in [3.05, 3.63) is 156 Å². The van der Waals surface area contributed by atoms with Crippen molar-refractivity contribution < 1.29 is 4.42 Å². The summed E-state index contributed by atoms with van der Waals surface area (Å²) in [5.74, 6) is 1.10. The van der Waals surface area contributed by atoms with Gasteiger partial charge in [-0.1, -0.05) is 127 Å². The molecule has 8 aromatic carbocycles. The Labute approximate surface area is 260 Å². The average molecular weight is 573 g/mol. The minimum atomic E-state index is 0.893. The SMILES string of the molecule is C1=C(c2c3ccccc3c(-c3cc4ccccc4c4ccccc34)c3ccccc23)CCc2oc3c(ccc4ccccc43)c21. The third kappa shape index (κ3) is 3.56. The second kappa shape index (κ2) is 9.42. The maximum atomic E-state index is 6.57. The molecule has 1 aromatic heterocycles. The summed E-state index contributed by atoms with van der Waals surface area (Å²) in [6, 6.07) is 51.1. The Morgan fingerprint density at radius 3 is 1.67 bits per heavy atom. The summed E-state index contributed by atoms with van der Waals surface area (Å²) in [6.45, 7) is 0. The van der Waals surface area contributed by atoms with E-state index in [1.165, 1.54) is 87.1 Å². The first-order chi connectivity index (χ1) is 22.3. The molecule has 0 N–H and O–H groups in total. The Hall–Kier alpha value is -5.66. The van der Waals surface area contributed by atoms with Crippen LogP contribution in [0.2, 0.25) is 0 Å². The highest BCUT2D eigenvalue weighted by Gasteiger charge is 2.24. The molecule has 45 heavy (non-hydrogen) atoms. The lowest BCUT2D eigenvalue weighted by molar-refractivity contribution is 0.550. The molecule has 0 saturated carbocycles. The van der Waals surface area contributed by atoms with Crippen LogP contribution in [0, 0.1) is 0 Å². The number of rotatable bonds is 2. The van der Waals surface area contributed by atoms with Crippen LogP contribution in [0.25, 0.3) is 87.6 Å². The molecule has 0 unspecified atom stereocenters. The summed E-state index contributed by atoms with van der Waals surface area (Å²) >= 11 is 0. The zero-order chi connectivity index (χ0) is 29.5. The lowest BCUT2D eigenvalue weighted by Gasteiger charge is -2.22. The number of furan rings is 1. The fourth-order valence-electron chi connectivity index (χ4n) is 7.95. The van der Waals surface area contributed by atoms with Gasteiger partial charge in [-0.3, -0.25) is 0 Å². The van der Waals surface area contributed by atoms with Gasteiger partial charge in [0.15, 0.2) is 0 Å². The minimum absolute atomic E-state index is 0.893. The van der Waals surface area contributed by atoms with E-state index in [1.807, 2.05) is 0 Å². The summed E-state index contributed by atoms with van der Waals surface area (Å²) < 4.78 is 6.57. The molecule has 0 aliphatic heterocycles. The van der Waals surface area contributed by atoms with E-state index in [4.69, 9.17) is 4.42 Å². The summed E-state index contributed by atoms with van der Waals surface area (Å²) in [5, 5.41) is 13.9. The number of benzene rings is 8. The molecule has 210 valence electrons. The van der Waals surface area contributed by atoms with E-state index in [-0.39, 0.29) is 0 Å². The van der Waals surface area contributed by atoms with Gasteiger partial charge in [0.2, 0.25) is 0 Å². The fraction of sp³-hybridized carbons (Fsp3) is 0.0455. The maximum Gasteiger partial charge on any atom is 0.142 e. The molecule has 0 bridgehead atoms. The average Bonchev–Trinajstić information content (AvgIpc) is 3.49.